The van der Waals surface area contributed by atoms with E-state index < -0.39 is 10.1 Å². The van der Waals surface area contributed by atoms with E-state index >= 15 is 0 Å². The second-order valence-electron chi connectivity index (χ2n) is 7.06. The molecule has 0 aliphatic rings. The molecular formula is C20H34O5S. The summed E-state index contributed by atoms with van der Waals surface area (Å²) in [6, 6.07) is 1.61. The Morgan fingerprint density at radius 1 is 1.04 bits per heavy atom. The zero-order valence-corrected chi connectivity index (χ0v) is 17.3. The number of unbranched alkanes of at least 4 members (excludes halogenated alkanes) is 6. The topological polar surface area (TPSA) is 73.6 Å². The zero-order valence-electron chi connectivity index (χ0n) is 16.5. The van der Waals surface area contributed by atoms with Crippen LogP contribution in [0.25, 0.3) is 0 Å². The predicted octanol–water partition coefficient (Wildman–Crippen LogP) is 5.29. The van der Waals surface area contributed by atoms with Crippen LogP contribution in [-0.4, -0.2) is 20.5 Å². The first kappa shape index (κ1) is 22.7. The SMILES string of the molecule is CCCCCCCC(CCCCC)C(=O)Cc1ccoc1OS(C)(=O)=O. The van der Waals surface area contributed by atoms with Crippen molar-refractivity contribution >= 4 is 15.9 Å². The van der Waals surface area contributed by atoms with Crippen LogP contribution in [0.4, 0.5) is 0 Å². The summed E-state index contributed by atoms with van der Waals surface area (Å²) in [5, 5.41) is 0. The molecule has 150 valence electrons. The van der Waals surface area contributed by atoms with Gasteiger partial charge in [0.15, 0.2) is 0 Å². The second kappa shape index (κ2) is 12.2. The molecule has 0 fully saturated rings. The minimum Gasteiger partial charge on any atom is -0.433 e. The third-order valence-corrected chi connectivity index (χ3v) is 5.02. The average Bonchev–Trinajstić information content (AvgIpc) is 2.98. The summed E-state index contributed by atoms with van der Waals surface area (Å²) in [6.07, 6.45) is 13.5. The van der Waals surface area contributed by atoms with Crippen molar-refractivity contribution in [2.75, 3.05) is 6.26 Å². The van der Waals surface area contributed by atoms with E-state index in [9.17, 15) is 13.2 Å². The van der Waals surface area contributed by atoms with E-state index in [1.165, 1.54) is 31.9 Å². The normalized spacial score (nSPS) is 12.9. The summed E-state index contributed by atoms with van der Waals surface area (Å²) in [7, 11) is -3.67. The molecule has 1 unspecified atom stereocenters. The lowest BCUT2D eigenvalue weighted by Crippen LogP contribution is -2.18. The molecule has 6 heteroatoms. The Morgan fingerprint density at radius 2 is 1.62 bits per heavy atom. The van der Waals surface area contributed by atoms with E-state index in [1.54, 1.807) is 6.07 Å². The van der Waals surface area contributed by atoms with Gasteiger partial charge in [-0.05, 0) is 18.9 Å². The van der Waals surface area contributed by atoms with Gasteiger partial charge < -0.3 is 8.60 Å². The zero-order chi connectivity index (χ0) is 19.4. The highest BCUT2D eigenvalue weighted by atomic mass is 32.2. The van der Waals surface area contributed by atoms with Crippen LogP contribution >= 0.6 is 0 Å². The van der Waals surface area contributed by atoms with Gasteiger partial charge in [0.1, 0.15) is 5.78 Å². The van der Waals surface area contributed by atoms with E-state index in [2.05, 4.69) is 13.8 Å². The van der Waals surface area contributed by atoms with E-state index in [0.717, 1.165) is 44.8 Å². The Bertz CT molecular complexity index is 618. The van der Waals surface area contributed by atoms with E-state index in [0.29, 0.717) is 5.56 Å². The van der Waals surface area contributed by atoms with E-state index in [4.69, 9.17) is 8.60 Å². The maximum Gasteiger partial charge on any atom is 0.308 e. The van der Waals surface area contributed by atoms with Gasteiger partial charge in [-0.3, -0.25) is 4.79 Å². The molecule has 1 atom stereocenters. The molecule has 0 aromatic carbocycles. The average molecular weight is 387 g/mol. The lowest BCUT2D eigenvalue weighted by Gasteiger charge is -2.15. The van der Waals surface area contributed by atoms with Crippen molar-refractivity contribution in [1.29, 1.82) is 0 Å². The molecular weight excluding hydrogens is 352 g/mol. The Kier molecular flexibility index (Phi) is 10.6. The highest BCUT2D eigenvalue weighted by Crippen LogP contribution is 2.26. The summed E-state index contributed by atoms with van der Waals surface area (Å²) >= 11 is 0. The van der Waals surface area contributed by atoms with Crippen molar-refractivity contribution in [3.05, 3.63) is 17.9 Å². The van der Waals surface area contributed by atoms with E-state index in [1.807, 2.05) is 0 Å². The van der Waals surface area contributed by atoms with Crippen LogP contribution in [0.5, 0.6) is 5.95 Å². The molecule has 26 heavy (non-hydrogen) atoms. The smallest absolute Gasteiger partial charge is 0.308 e. The van der Waals surface area contributed by atoms with Gasteiger partial charge in [0.05, 0.1) is 12.5 Å². The molecule has 0 bridgehead atoms. The Balaban J connectivity index is 2.64. The molecule has 1 rings (SSSR count). The maximum absolute atomic E-state index is 12.8. The largest absolute Gasteiger partial charge is 0.433 e. The molecule has 1 aromatic rings. The van der Waals surface area contributed by atoms with Crippen molar-refractivity contribution in [2.45, 2.75) is 84.5 Å². The monoisotopic (exact) mass is 386 g/mol. The first-order valence-corrected chi connectivity index (χ1v) is 11.7. The van der Waals surface area contributed by atoms with Crippen molar-refractivity contribution < 1.29 is 21.8 Å². The van der Waals surface area contributed by atoms with Crippen molar-refractivity contribution in [3.8, 4) is 5.95 Å². The highest BCUT2D eigenvalue weighted by molar-refractivity contribution is 7.86. The first-order valence-electron chi connectivity index (χ1n) is 9.85. The number of hydrogen-bond donors (Lipinski definition) is 0. The number of rotatable bonds is 15. The standard InChI is InChI=1S/C20H34O5S/c1-4-6-8-9-11-13-17(12-10-7-5-2)19(21)16-18-14-15-24-20(18)25-26(3,22)23/h14-15,17H,4-13,16H2,1-3H3. The van der Waals surface area contributed by atoms with Crippen LogP contribution < -0.4 is 4.18 Å². The quantitative estimate of drug-likeness (QED) is 0.302. The fourth-order valence-electron chi connectivity index (χ4n) is 3.10. The summed E-state index contributed by atoms with van der Waals surface area (Å²) < 4.78 is 32.5. The number of hydrogen-bond acceptors (Lipinski definition) is 5. The minimum absolute atomic E-state index is 0.0316. The molecule has 0 N–H and O–H groups in total. The molecule has 0 aliphatic carbocycles. The number of ketones is 1. The number of Topliss-reactive ketones (excluding diaryl/α,β-unsaturated/α-hetero) is 1. The molecule has 1 heterocycles. The van der Waals surface area contributed by atoms with Gasteiger partial charge >= 0.3 is 16.1 Å². The molecule has 5 nitrogen and oxygen atoms in total. The summed E-state index contributed by atoms with van der Waals surface area (Å²) in [5.41, 5.74) is 0.506. The third-order valence-electron chi connectivity index (χ3n) is 4.57. The van der Waals surface area contributed by atoms with Gasteiger partial charge in [-0.2, -0.15) is 8.42 Å². The highest BCUT2D eigenvalue weighted by Gasteiger charge is 2.22. The number of furan rings is 1. The Hall–Kier alpha value is -1.30. The first-order chi connectivity index (χ1) is 12.4. The lowest BCUT2D eigenvalue weighted by atomic mass is 9.88. The van der Waals surface area contributed by atoms with Gasteiger partial charge in [0.25, 0.3) is 0 Å². The molecule has 0 amide bonds. The fourth-order valence-corrected chi connectivity index (χ4v) is 3.52. The van der Waals surface area contributed by atoms with Crippen LogP contribution in [0.3, 0.4) is 0 Å². The third kappa shape index (κ3) is 9.41. The van der Waals surface area contributed by atoms with Crippen molar-refractivity contribution in [1.82, 2.24) is 0 Å². The van der Waals surface area contributed by atoms with Crippen LogP contribution in [0.1, 0.15) is 83.6 Å². The molecule has 0 aliphatic heterocycles. The molecule has 0 saturated carbocycles. The Morgan fingerprint density at radius 3 is 2.23 bits per heavy atom. The van der Waals surface area contributed by atoms with Crippen molar-refractivity contribution in [2.24, 2.45) is 5.92 Å². The van der Waals surface area contributed by atoms with Gasteiger partial charge in [-0.25, -0.2) is 0 Å². The maximum atomic E-state index is 12.8. The lowest BCUT2D eigenvalue weighted by molar-refractivity contribution is -0.122. The van der Waals surface area contributed by atoms with Gasteiger partial charge in [-0.15, -0.1) is 0 Å². The van der Waals surface area contributed by atoms with Gasteiger partial charge in [0, 0.05) is 17.9 Å². The summed E-state index contributed by atoms with van der Waals surface area (Å²) in [5.74, 6) is 0.0941. The second-order valence-corrected chi connectivity index (χ2v) is 8.63. The van der Waals surface area contributed by atoms with E-state index in [-0.39, 0.29) is 24.1 Å². The fraction of sp³-hybridized carbons (Fsp3) is 0.750. The van der Waals surface area contributed by atoms with Crippen LogP contribution in [0, 0.1) is 5.92 Å². The van der Waals surface area contributed by atoms with Crippen LogP contribution in [-0.2, 0) is 21.3 Å². The predicted molar refractivity (Wildman–Crippen MR) is 104 cm³/mol. The number of carbonyl (C=O) groups is 1. The van der Waals surface area contributed by atoms with Gasteiger partial charge in [-0.1, -0.05) is 65.2 Å². The van der Waals surface area contributed by atoms with Crippen molar-refractivity contribution in [3.63, 3.8) is 0 Å². The van der Waals surface area contributed by atoms with Gasteiger partial charge in [0.2, 0.25) is 0 Å². The van der Waals surface area contributed by atoms with Crippen LogP contribution in [0.2, 0.25) is 0 Å². The molecule has 0 saturated heterocycles. The summed E-state index contributed by atoms with van der Waals surface area (Å²) in [6.45, 7) is 4.35. The molecule has 0 radical (unpaired) electrons. The molecule has 1 aromatic heterocycles. The summed E-state index contributed by atoms with van der Waals surface area (Å²) in [4.78, 5) is 12.8. The Labute approximate surface area is 158 Å². The van der Waals surface area contributed by atoms with Crippen LogP contribution in [0.15, 0.2) is 16.7 Å². The molecule has 0 spiro atoms. The minimum atomic E-state index is -3.67. The number of carbonyl (C=O) groups excluding carboxylic acids is 1.